The van der Waals surface area contributed by atoms with Crippen LogP contribution in [0.3, 0.4) is 0 Å². The molecule has 3 aromatic carbocycles. The Hall–Kier alpha value is -4.55. The van der Waals surface area contributed by atoms with E-state index in [1.807, 2.05) is 67.8 Å². The fraction of sp³-hybridized carbons (Fsp3) is 0.229. The average Bonchev–Trinajstić information content (AvgIpc) is 3.65. The summed E-state index contributed by atoms with van der Waals surface area (Å²) in [4.78, 5) is 28.8. The molecule has 1 atom stereocenters. The van der Waals surface area contributed by atoms with Crippen LogP contribution in [-0.4, -0.2) is 57.6 Å². The third kappa shape index (κ3) is 4.01. The van der Waals surface area contributed by atoms with Crippen LogP contribution in [0.1, 0.15) is 28.9 Å². The van der Waals surface area contributed by atoms with Crippen molar-refractivity contribution in [3.05, 3.63) is 103 Å². The van der Waals surface area contributed by atoms with Gasteiger partial charge in [0.05, 0.1) is 16.7 Å². The van der Waals surface area contributed by atoms with Gasteiger partial charge in [-0.25, -0.2) is 0 Å². The molecule has 2 aliphatic rings. The average molecular weight is 538 g/mol. The number of piperazine rings is 1. The lowest BCUT2D eigenvalue weighted by atomic mass is 9.97. The topological polar surface area (TPSA) is 54.3 Å². The van der Waals surface area contributed by atoms with Gasteiger partial charge in [-0.1, -0.05) is 36.4 Å². The third-order valence-corrected chi connectivity index (χ3v) is 8.99. The van der Waals surface area contributed by atoms with Crippen LogP contribution in [0.25, 0.3) is 43.8 Å². The molecule has 2 saturated heterocycles. The second-order valence-electron chi connectivity index (χ2n) is 11.4. The maximum atomic E-state index is 14.2. The Balaban J connectivity index is 1.23. The van der Waals surface area contributed by atoms with Crippen LogP contribution in [0.4, 0.5) is 5.69 Å². The van der Waals surface area contributed by atoms with Gasteiger partial charge < -0.3 is 4.90 Å². The predicted molar refractivity (Wildman–Crippen MR) is 166 cm³/mol. The molecular formula is C35H31N5O. The Kier molecular flexibility index (Phi) is 5.64. The standard InChI is InChI=1S/C35H31N5O/c1-23-6-2-12-31(37-23)28-10-3-9-27-26(28)8-4-11-29(27)35(41)40-17-14-24-20-32-30(21-34(24)40)33(13-15-36-32)39-19-18-38-16-5-7-25(38)22-39/h2-4,6,8-15,17,20-21,25H,5,7,16,18-19,22H2,1H3. The van der Waals surface area contributed by atoms with Crippen LogP contribution in [0, 0.1) is 6.92 Å². The van der Waals surface area contributed by atoms with Gasteiger partial charge in [-0.05, 0) is 79.5 Å². The molecule has 202 valence electrons. The largest absolute Gasteiger partial charge is 0.368 e. The summed E-state index contributed by atoms with van der Waals surface area (Å²) in [7, 11) is 0. The van der Waals surface area contributed by atoms with Crippen molar-refractivity contribution in [1.82, 2.24) is 19.4 Å². The number of hydrogen-bond acceptors (Lipinski definition) is 5. The number of pyridine rings is 2. The van der Waals surface area contributed by atoms with Gasteiger partial charge in [0.1, 0.15) is 0 Å². The van der Waals surface area contributed by atoms with Crippen LogP contribution in [0.2, 0.25) is 0 Å². The Labute approximate surface area is 238 Å². The van der Waals surface area contributed by atoms with E-state index in [1.165, 1.54) is 25.1 Å². The molecular weight excluding hydrogens is 506 g/mol. The van der Waals surface area contributed by atoms with Gasteiger partial charge in [0, 0.05) is 71.4 Å². The molecule has 0 aliphatic carbocycles. The number of nitrogens with zero attached hydrogens (tertiary/aromatic N) is 5. The maximum absolute atomic E-state index is 14.2. The summed E-state index contributed by atoms with van der Waals surface area (Å²) >= 11 is 0. The molecule has 6 aromatic rings. The predicted octanol–water partition coefficient (Wildman–Crippen LogP) is 6.69. The van der Waals surface area contributed by atoms with Crippen molar-refractivity contribution in [2.75, 3.05) is 31.1 Å². The smallest absolute Gasteiger partial charge is 0.262 e. The van der Waals surface area contributed by atoms with Crippen molar-refractivity contribution in [3.63, 3.8) is 0 Å². The zero-order valence-corrected chi connectivity index (χ0v) is 23.1. The lowest BCUT2D eigenvalue weighted by Gasteiger charge is -2.39. The third-order valence-electron chi connectivity index (χ3n) is 8.99. The number of benzene rings is 3. The van der Waals surface area contributed by atoms with E-state index >= 15 is 0 Å². The highest BCUT2D eigenvalue weighted by Crippen LogP contribution is 2.34. The molecule has 6 nitrogen and oxygen atoms in total. The highest BCUT2D eigenvalue weighted by Gasteiger charge is 2.31. The molecule has 0 spiro atoms. The Bertz CT molecular complexity index is 1980. The summed E-state index contributed by atoms with van der Waals surface area (Å²) < 4.78 is 1.80. The highest BCUT2D eigenvalue weighted by atomic mass is 16.2. The molecule has 2 fully saturated rings. The van der Waals surface area contributed by atoms with Crippen molar-refractivity contribution >= 4 is 44.2 Å². The molecule has 0 N–H and O–H groups in total. The first-order valence-electron chi connectivity index (χ1n) is 14.5. The Morgan fingerprint density at radius 3 is 2.68 bits per heavy atom. The molecule has 0 amide bonds. The lowest BCUT2D eigenvalue weighted by Crippen LogP contribution is -2.50. The van der Waals surface area contributed by atoms with Crippen LogP contribution >= 0.6 is 0 Å². The molecule has 0 radical (unpaired) electrons. The summed E-state index contributed by atoms with van der Waals surface area (Å²) in [6.45, 7) is 6.39. The van der Waals surface area contributed by atoms with E-state index in [4.69, 9.17) is 9.97 Å². The molecule has 0 saturated carbocycles. The van der Waals surface area contributed by atoms with Gasteiger partial charge in [-0.3, -0.25) is 24.2 Å². The first-order chi connectivity index (χ1) is 20.1. The van der Waals surface area contributed by atoms with Crippen molar-refractivity contribution < 1.29 is 4.79 Å². The minimum Gasteiger partial charge on any atom is -0.368 e. The normalized spacial score (nSPS) is 17.5. The zero-order chi connectivity index (χ0) is 27.5. The molecule has 1 unspecified atom stereocenters. The fourth-order valence-corrected chi connectivity index (χ4v) is 6.97. The van der Waals surface area contributed by atoms with E-state index in [-0.39, 0.29) is 5.91 Å². The maximum Gasteiger partial charge on any atom is 0.262 e. The van der Waals surface area contributed by atoms with Gasteiger partial charge in [0.25, 0.3) is 5.91 Å². The monoisotopic (exact) mass is 537 g/mol. The lowest BCUT2D eigenvalue weighted by molar-refractivity contribution is 0.0966. The van der Waals surface area contributed by atoms with Gasteiger partial charge in [0.2, 0.25) is 0 Å². The first kappa shape index (κ1) is 24.3. The minimum absolute atomic E-state index is 0.0377. The van der Waals surface area contributed by atoms with Crippen molar-refractivity contribution in [2.45, 2.75) is 25.8 Å². The quantitative estimate of drug-likeness (QED) is 0.252. The summed E-state index contributed by atoms with van der Waals surface area (Å²) in [5, 5.41) is 4.07. The molecule has 8 rings (SSSR count). The van der Waals surface area contributed by atoms with E-state index in [1.54, 1.807) is 4.57 Å². The first-order valence-corrected chi connectivity index (χ1v) is 14.5. The van der Waals surface area contributed by atoms with E-state index in [2.05, 4.69) is 40.1 Å². The Morgan fingerprint density at radius 2 is 1.76 bits per heavy atom. The Morgan fingerprint density at radius 1 is 0.878 bits per heavy atom. The van der Waals surface area contributed by atoms with E-state index in [9.17, 15) is 4.79 Å². The van der Waals surface area contributed by atoms with Gasteiger partial charge in [-0.15, -0.1) is 0 Å². The SMILES string of the molecule is Cc1cccc(-c2cccc3c(C(=O)n4ccc5cc6nccc(N7CCN8CCCC8C7)c6cc54)cccc23)n1. The van der Waals surface area contributed by atoms with Crippen molar-refractivity contribution in [1.29, 1.82) is 0 Å². The number of carbonyl (C=O) groups excluding carboxylic acids is 1. The number of hydrogen-bond donors (Lipinski definition) is 0. The van der Waals surface area contributed by atoms with Crippen molar-refractivity contribution in [3.8, 4) is 11.3 Å². The number of rotatable bonds is 3. The summed E-state index contributed by atoms with van der Waals surface area (Å²) in [6.07, 6.45) is 6.38. The van der Waals surface area contributed by atoms with Crippen LogP contribution < -0.4 is 4.90 Å². The molecule has 5 heterocycles. The fourth-order valence-electron chi connectivity index (χ4n) is 6.97. The molecule has 41 heavy (non-hydrogen) atoms. The van der Waals surface area contributed by atoms with Gasteiger partial charge in [0.15, 0.2) is 0 Å². The number of fused-ring (bicyclic) bond motifs is 4. The molecule has 2 aliphatic heterocycles. The second kappa shape index (κ2) is 9.53. The van der Waals surface area contributed by atoms with E-state index < -0.39 is 0 Å². The van der Waals surface area contributed by atoms with Crippen LogP contribution in [0.15, 0.2) is 91.3 Å². The highest BCUT2D eigenvalue weighted by molar-refractivity contribution is 6.14. The van der Waals surface area contributed by atoms with Gasteiger partial charge in [-0.2, -0.15) is 0 Å². The van der Waals surface area contributed by atoms with Crippen LogP contribution in [-0.2, 0) is 0 Å². The number of carbonyl (C=O) groups is 1. The molecule has 6 heteroatoms. The number of anilines is 1. The number of aryl methyl sites for hydroxylation is 1. The second-order valence-corrected chi connectivity index (χ2v) is 11.4. The van der Waals surface area contributed by atoms with E-state index in [0.29, 0.717) is 11.6 Å². The summed E-state index contributed by atoms with van der Waals surface area (Å²) in [6, 6.07) is 27.2. The minimum atomic E-state index is -0.0377. The zero-order valence-electron chi connectivity index (χ0n) is 23.1. The van der Waals surface area contributed by atoms with Gasteiger partial charge >= 0.3 is 0 Å². The summed E-state index contributed by atoms with van der Waals surface area (Å²) in [5.74, 6) is -0.0377. The van der Waals surface area contributed by atoms with Crippen molar-refractivity contribution in [2.24, 2.45) is 0 Å². The summed E-state index contributed by atoms with van der Waals surface area (Å²) in [5.41, 5.74) is 6.68. The molecule has 0 bridgehead atoms. The molecule has 3 aromatic heterocycles. The van der Waals surface area contributed by atoms with Crippen LogP contribution in [0.5, 0.6) is 0 Å². The number of aromatic nitrogens is 3. The van der Waals surface area contributed by atoms with E-state index in [0.717, 1.165) is 69.2 Å².